The van der Waals surface area contributed by atoms with Crippen LogP contribution in [-0.4, -0.2) is 62.3 Å². The third-order valence-corrected chi connectivity index (χ3v) is 4.49. The molecule has 0 bridgehead atoms. The van der Waals surface area contributed by atoms with Crippen molar-refractivity contribution in [2.75, 3.05) is 39.3 Å². The summed E-state index contributed by atoms with van der Waals surface area (Å²) in [6.45, 7) is 10.4. The van der Waals surface area contributed by atoms with Gasteiger partial charge in [0.1, 0.15) is 0 Å². The van der Waals surface area contributed by atoms with Crippen molar-refractivity contribution in [3.63, 3.8) is 0 Å². The summed E-state index contributed by atoms with van der Waals surface area (Å²) >= 11 is 0. The lowest BCUT2D eigenvalue weighted by molar-refractivity contribution is 0.105. The molecule has 21 heavy (non-hydrogen) atoms. The monoisotopic (exact) mass is 296 g/mol. The van der Waals surface area contributed by atoms with Crippen molar-refractivity contribution in [3.8, 4) is 0 Å². The normalized spacial score (nSPS) is 27.2. The zero-order valence-electron chi connectivity index (χ0n) is 13.7. The Morgan fingerprint density at radius 1 is 1.24 bits per heavy atom. The molecule has 2 rings (SSSR count). The lowest BCUT2D eigenvalue weighted by Gasteiger charge is -2.21. The minimum atomic E-state index is 0.450. The third-order valence-electron chi connectivity index (χ3n) is 4.49. The summed E-state index contributed by atoms with van der Waals surface area (Å²) in [7, 11) is 0. The Balaban J connectivity index is 1.72. The minimum Gasteiger partial charge on any atom is -0.378 e. The molecule has 2 aliphatic rings. The maximum absolute atomic E-state index is 5.66. The van der Waals surface area contributed by atoms with Gasteiger partial charge in [0.05, 0.1) is 12.6 Å². The molecule has 0 amide bonds. The van der Waals surface area contributed by atoms with E-state index in [-0.39, 0.29) is 0 Å². The number of ether oxygens (including phenoxy) is 1. The molecule has 0 spiro atoms. The van der Waals surface area contributed by atoms with Crippen LogP contribution in [0, 0.1) is 0 Å². The highest BCUT2D eigenvalue weighted by Crippen LogP contribution is 2.16. The number of nitrogens with zero attached hydrogens (tertiary/aromatic N) is 2. The summed E-state index contributed by atoms with van der Waals surface area (Å²) in [4.78, 5) is 7.31. The molecule has 122 valence electrons. The fourth-order valence-electron chi connectivity index (χ4n) is 3.28. The lowest BCUT2D eigenvalue weighted by Crippen LogP contribution is -2.40. The number of rotatable bonds is 7. The van der Waals surface area contributed by atoms with Gasteiger partial charge in [0.2, 0.25) is 0 Å². The first-order chi connectivity index (χ1) is 10.3. The van der Waals surface area contributed by atoms with Gasteiger partial charge in [-0.15, -0.1) is 0 Å². The second-order valence-electron chi connectivity index (χ2n) is 5.99. The van der Waals surface area contributed by atoms with Gasteiger partial charge in [0, 0.05) is 25.7 Å². The maximum atomic E-state index is 5.66. The molecule has 0 radical (unpaired) electrons. The van der Waals surface area contributed by atoms with Crippen molar-refractivity contribution in [2.24, 2.45) is 4.99 Å². The molecule has 2 fully saturated rings. The molecule has 2 heterocycles. The summed E-state index contributed by atoms with van der Waals surface area (Å²) in [6.07, 6.45) is 6.56. The topological polar surface area (TPSA) is 48.9 Å². The lowest BCUT2D eigenvalue weighted by atomic mass is 10.2. The van der Waals surface area contributed by atoms with Crippen molar-refractivity contribution in [2.45, 2.75) is 58.1 Å². The van der Waals surface area contributed by atoms with Crippen LogP contribution in [0.25, 0.3) is 0 Å². The summed E-state index contributed by atoms with van der Waals surface area (Å²) in [5, 5.41) is 6.79. The number of aliphatic imine (C=N–C) groups is 1. The van der Waals surface area contributed by atoms with E-state index in [1.807, 2.05) is 0 Å². The number of hydrogen-bond acceptors (Lipinski definition) is 3. The van der Waals surface area contributed by atoms with Crippen molar-refractivity contribution in [3.05, 3.63) is 0 Å². The Morgan fingerprint density at radius 3 is 2.86 bits per heavy atom. The highest BCUT2D eigenvalue weighted by molar-refractivity contribution is 5.79. The van der Waals surface area contributed by atoms with Gasteiger partial charge in [-0.2, -0.15) is 0 Å². The number of guanidine groups is 1. The van der Waals surface area contributed by atoms with Gasteiger partial charge in [0.25, 0.3) is 0 Å². The Morgan fingerprint density at radius 2 is 2.14 bits per heavy atom. The average molecular weight is 296 g/mol. The van der Waals surface area contributed by atoms with Crippen LogP contribution in [0.4, 0.5) is 0 Å². The smallest absolute Gasteiger partial charge is 0.191 e. The first-order valence-corrected chi connectivity index (χ1v) is 8.71. The fourth-order valence-corrected chi connectivity index (χ4v) is 3.28. The molecule has 0 aromatic rings. The van der Waals surface area contributed by atoms with E-state index in [2.05, 4.69) is 29.4 Å². The molecule has 0 saturated carbocycles. The van der Waals surface area contributed by atoms with Crippen LogP contribution in [0.1, 0.15) is 46.0 Å². The Bertz CT molecular complexity index is 315. The van der Waals surface area contributed by atoms with Gasteiger partial charge in [0.15, 0.2) is 5.96 Å². The number of hydrogen-bond donors (Lipinski definition) is 2. The molecule has 5 heteroatoms. The van der Waals surface area contributed by atoms with Crippen LogP contribution < -0.4 is 10.6 Å². The second-order valence-corrected chi connectivity index (χ2v) is 5.99. The molecular formula is C16H32N4O. The first-order valence-electron chi connectivity index (χ1n) is 8.71. The van der Waals surface area contributed by atoms with Crippen molar-refractivity contribution in [1.82, 2.24) is 15.5 Å². The molecule has 2 aliphatic heterocycles. The minimum absolute atomic E-state index is 0.450. The van der Waals surface area contributed by atoms with Gasteiger partial charge >= 0.3 is 0 Å². The zero-order chi connectivity index (χ0) is 14.9. The Kier molecular flexibility index (Phi) is 7.30. The molecule has 2 unspecified atom stereocenters. The van der Waals surface area contributed by atoms with E-state index in [1.54, 1.807) is 0 Å². The molecule has 2 atom stereocenters. The van der Waals surface area contributed by atoms with E-state index in [4.69, 9.17) is 9.73 Å². The number of likely N-dealkylation sites (tertiary alicyclic amines) is 1. The van der Waals surface area contributed by atoms with E-state index < -0.39 is 0 Å². The largest absolute Gasteiger partial charge is 0.378 e. The Labute approximate surface area is 129 Å². The van der Waals surface area contributed by atoms with Crippen LogP contribution in [0.5, 0.6) is 0 Å². The van der Waals surface area contributed by atoms with E-state index in [1.165, 1.54) is 32.2 Å². The zero-order valence-corrected chi connectivity index (χ0v) is 13.7. The highest BCUT2D eigenvalue weighted by Gasteiger charge is 2.22. The van der Waals surface area contributed by atoms with Crippen LogP contribution in [0.2, 0.25) is 0 Å². The molecule has 0 aliphatic carbocycles. The van der Waals surface area contributed by atoms with E-state index in [9.17, 15) is 0 Å². The first kappa shape index (κ1) is 16.6. The molecule has 5 nitrogen and oxygen atoms in total. The third kappa shape index (κ3) is 5.47. The van der Waals surface area contributed by atoms with Crippen LogP contribution in [0.3, 0.4) is 0 Å². The summed E-state index contributed by atoms with van der Waals surface area (Å²) in [5.41, 5.74) is 0. The summed E-state index contributed by atoms with van der Waals surface area (Å²) in [5.74, 6) is 0.957. The number of likely N-dealkylation sites (N-methyl/N-ethyl adjacent to an activating group) is 1. The average Bonchev–Trinajstić information content (AvgIpc) is 3.15. The van der Waals surface area contributed by atoms with Crippen molar-refractivity contribution >= 4 is 5.96 Å². The summed E-state index contributed by atoms with van der Waals surface area (Å²) in [6, 6.07) is 0.628. The molecule has 0 aromatic heterocycles. The second kappa shape index (κ2) is 9.26. The van der Waals surface area contributed by atoms with Gasteiger partial charge in [-0.25, -0.2) is 0 Å². The molecule has 2 N–H and O–H groups in total. The predicted octanol–water partition coefficient (Wildman–Crippen LogP) is 1.59. The SMILES string of the molecule is CCNC(=NCC1CCCN1CC)NCCC1CCCO1. The van der Waals surface area contributed by atoms with Crippen LogP contribution in [-0.2, 0) is 4.74 Å². The quantitative estimate of drug-likeness (QED) is 0.553. The standard InChI is InChI=1S/C16H32N4O/c1-3-17-16(18-10-9-15-8-6-12-21-15)19-13-14-7-5-11-20(14)4-2/h14-15H,3-13H2,1-2H3,(H2,17,18,19). The van der Waals surface area contributed by atoms with E-state index in [0.29, 0.717) is 12.1 Å². The van der Waals surface area contributed by atoms with Gasteiger partial charge in [-0.1, -0.05) is 6.92 Å². The maximum Gasteiger partial charge on any atom is 0.191 e. The fraction of sp³-hybridized carbons (Fsp3) is 0.938. The molecular weight excluding hydrogens is 264 g/mol. The highest BCUT2D eigenvalue weighted by atomic mass is 16.5. The van der Waals surface area contributed by atoms with Gasteiger partial charge in [-0.05, 0) is 52.1 Å². The van der Waals surface area contributed by atoms with Crippen LogP contribution in [0.15, 0.2) is 4.99 Å². The van der Waals surface area contributed by atoms with Gasteiger partial charge in [-0.3, -0.25) is 9.89 Å². The van der Waals surface area contributed by atoms with E-state index in [0.717, 1.165) is 45.2 Å². The van der Waals surface area contributed by atoms with Gasteiger partial charge < -0.3 is 15.4 Å². The van der Waals surface area contributed by atoms with Crippen LogP contribution >= 0.6 is 0 Å². The number of nitrogens with one attached hydrogen (secondary N) is 2. The van der Waals surface area contributed by atoms with Crippen molar-refractivity contribution < 1.29 is 4.74 Å². The van der Waals surface area contributed by atoms with Crippen molar-refractivity contribution in [1.29, 1.82) is 0 Å². The predicted molar refractivity (Wildman–Crippen MR) is 87.8 cm³/mol. The molecule has 0 aromatic carbocycles. The Hall–Kier alpha value is -0.810. The summed E-state index contributed by atoms with van der Waals surface area (Å²) < 4.78 is 5.66. The molecule has 2 saturated heterocycles. The van der Waals surface area contributed by atoms with E-state index >= 15 is 0 Å².